The Hall–Kier alpha value is -2.76. The molecule has 1 aromatic carbocycles. The third-order valence-electron chi connectivity index (χ3n) is 3.61. The number of ether oxygens (including phenoxy) is 1. The number of hydrogen-bond donors (Lipinski definition) is 2. The van der Waals surface area contributed by atoms with Crippen molar-refractivity contribution in [2.45, 2.75) is 13.5 Å². The Bertz CT molecular complexity index is 852. The van der Waals surface area contributed by atoms with Crippen molar-refractivity contribution in [3.05, 3.63) is 36.2 Å². The maximum atomic E-state index is 8.86. The number of amidine groups is 1. The largest absolute Gasteiger partial charge is 0.497 e. The molecule has 21 heavy (non-hydrogen) atoms. The van der Waals surface area contributed by atoms with E-state index in [1.807, 2.05) is 35.8 Å². The van der Waals surface area contributed by atoms with Gasteiger partial charge in [0.1, 0.15) is 5.75 Å². The van der Waals surface area contributed by atoms with E-state index in [2.05, 4.69) is 10.1 Å². The lowest BCUT2D eigenvalue weighted by Gasteiger charge is -2.08. The molecule has 0 atom stereocenters. The molecule has 2 aromatic heterocycles. The van der Waals surface area contributed by atoms with E-state index in [1.165, 1.54) is 0 Å². The van der Waals surface area contributed by atoms with Crippen LogP contribution in [-0.4, -0.2) is 27.7 Å². The summed E-state index contributed by atoms with van der Waals surface area (Å²) in [5.41, 5.74) is 8.53. The van der Waals surface area contributed by atoms with Crippen molar-refractivity contribution in [2.24, 2.45) is 10.9 Å². The fraction of sp³-hybridized carbons (Fsp3) is 0.200. The van der Waals surface area contributed by atoms with Crippen molar-refractivity contribution in [2.75, 3.05) is 7.11 Å². The van der Waals surface area contributed by atoms with Gasteiger partial charge in [0.25, 0.3) is 0 Å². The number of hydrogen-bond acceptors (Lipinski definition) is 4. The third-order valence-corrected chi connectivity index (χ3v) is 3.61. The molecular weight excluding hydrogens is 268 g/mol. The lowest BCUT2D eigenvalue weighted by molar-refractivity contribution is 0.316. The van der Waals surface area contributed by atoms with E-state index in [0.29, 0.717) is 0 Å². The number of methoxy groups -OCH3 is 1. The zero-order valence-electron chi connectivity index (χ0n) is 11.9. The standard InChI is InChI=1S/C15H16N4O2/c1-9-15-12(5-6-17-9)11-4-3-10(21-2)7-13(11)19(15)8-14(16)18-20/h3-7,20H,8H2,1-2H3,(H2,16,18). The van der Waals surface area contributed by atoms with Gasteiger partial charge in [0, 0.05) is 23.0 Å². The normalized spacial score (nSPS) is 12.2. The maximum absolute atomic E-state index is 8.86. The van der Waals surface area contributed by atoms with Crippen molar-refractivity contribution in [3.8, 4) is 5.75 Å². The minimum absolute atomic E-state index is 0.139. The van der Waals surface area contributed by atoms with E-state index < -0.39 is 0 Å². The van der Waals surface area contributed by atoms with E-state index in [9.17, 15) is 0 Å². The highest BCUT2D eigenvalue weighted by Crippen LogP contribution is 2.32. The Morgan fingerprint density at radius 3 is 2.90 bits per heavy atom. The molecule has 2 heterocycles. The van der Waals surface area contributed by atoms with E-state index in [4.69, 9.17) is 15.7 Å². The van der Waals surface area contributed by atoms with Crippen LogP contribution in [0.2, 0.25) is 0 Å². The molecule has 0 fully saturated rings. The number of pyridine rings is 1. The Morgan fingerprint density at radius 2 is 2.19 bits per heavy atom. The average molecular weight is 284 g/mol. The summed E-state index contributed by atoms with van der Waals surface area (Å²) in [6.07, 6.45) is 1.79. The van der Waals surface area contributed by atoms with Gasteiger partial charge in [-0.2, -0.15) is 0 Å². The van der Waals surface area contributed by atoms with Crippen molar-refractivity contribution >= 4 is 27.6 Å². The van der Waals surface area contributed by atoms with Crippen LogP contribution in [0.1, 0.15) is 5.69 Å². The van der Waals surface area contributed by atoms with Crippen LogP contribution in [0.5, 0.6) is 5.75 Å². The molecule has 0 aliphatic carbocycles. The van der Waals surface area contributed by atoms with Crippen molar-refractivity contribution in [1.82, 2.24) is 9.55 Å². The first kappa shape index (κ1) is 13.2. The Kier molecular flexibility index (Phi) is 3.13. The van der Waals surface area contributed by atoms with Gasteiger partial charge in [0.05, 0.1) is 30.4 Å². The van der Waals surface area contributed by atoms with Gasteiger partial charge in [-0.25, -0.2) is 0 Å². The summed E-state index contributed by atoms with van der Waals surface area (Å²) in [5, 5.41) is 14.1. The van der Waals surface area contributed by atoms with Crippen LogP contribution in [0, 0.1) is 6.92 Å². The maximum Gasteiger partial charge on any atom is 0.159 e. The van der Waals surface area contributed by atoms with E-state index in [0.717, 1.165) is 33.2 Å². The molecule has 0 spiro atoms. The molecule has 108 valence electrons. The summed E-state index contributed by atoms with van der Waals surface area (Å²) in [6.45, 7) is 2.23. The highest BCUT2D eigenvalue weighted by molar-refractivity contribution is 6.09. The molecule has 0 aliphatic rings. The van der Waals surface area contributed by atoms with Gasteiger partial charge < -0.3 is 20.2 Å². The molecule has 0 radical (unpaired) electrons. The first-order valence-corrected chi connectivity index (χ1v) is 6.53. The lowest BCUT2D eigenvalue weighted by atomic mass is 10.1. The van der Waals surface area contributed by atoms with Crippen LogP contribution < -0.4 is 10.5 Å². The van der Waals surface area contributed by atoms with Crippen LogP contribution in [0.25, 0.3) is 21.8 Å². The van der Waals surface area contributed by atoms with Gasteiger partial charge in [0.2, 0.25) is 0 Å². The summed E-state index contributed by atoms with van der Waals surface area (Å²) in [4.78, 5) is 4.34. The fourth-order valence-corrected chi connectivity index (χ4v) is 2.68. The fourth-order valence-electron chi connectivity index (χ4n) is 2.68. The van der Waals surface area contributed by atoms with E-state index >= 15 is 0 Å². The highest BCUT2D eigenvalue weighted by atomic mass is 16.5. The zero-order valence-corrected chi connectivity index (χ0v) is 11.9. The second-order valence-corrected chi connectivity index (χ2v) is 4.85. The summed E-state index contributed by atoms with van der Waals surface area (Å²) < 4.78 is 7.29. The number of nitrogens with two attached hydrogens (primary N) is 1. The number of rotatable bonds is 3. The molecule has 0 bridgehead atoms. The third kappa shape index (κ3) is 2.05. The minimum Gasteiger partial charge on any atom is -0.497 e. The second kappa shape index (κ2) is 4.97. The van der Waals surface area contributed by atoms with Crippen LogP contribution >= 0.6 is 0 Å². The first-order valence-electron chi connectivity index (χ1n) is 6.53. The Labute approximate surface area is 121 Å². The molecular formula is C15H16N4O2. The highest BCUT2D eigenvalue weighted by Gasteiger charge is 2.14. The minimum atomic E-state index is 0.139. The number of benzene rings is 1. The van der Waals surface area contributed by atoms with Crippen molar-refractivity contribution < 1.29 is 9.94 Å². The number of oxime groups is 1. The van der Waals surface area contributed by atoms with Gasteiger partial charge in [-0.05, 0) is 25.1 Å². The van der Waals surface area contributed by atoms with Gasteiger partial charge in [0.15, 0.2) is 5.84 Å². The number of aromatic nitrogens is 2. The van der Waals surface area contributed by atoms with Gasteiger partial charge in [-0.3, -0.25) is 4.98 Å². The van der Waals surface area contributed by atoms with Gasteiger partial charge in [-0.15, -0.1) is 0 Å². The lowest BCUT2D eigenvalue weighted by Crippen LogP contribution is -2.19. The number of nitrogens with zero attached hydrogens (tertiary/aromatic N) is 3. The van der Waals surface area contributed by atoms with E-state index in [-0.39, 0.29) is 12.4 Å². The molecule has 6 nitrogen and oxygen atoms in total. The summed E-state index contributed by atoms with van der Waals surface area (Å²) >= 11 is 0. The van der Waals surface area contributed by atoms with Crippen LogP contribution in [0.4, 0.5) is 0 Å². The van der Waals surface area contributed by atoms with Crippen LogP contribution in [0.15, 0.2) is 35.6 Å². The average Bonchev–Trinajstić information content (AvgIpc) is 2.82. The molecule has 3 rings (SSSR count). The van der Waals surface area contributed by atoms with Gasteiger partial charge in [-0.1, -0.05) is 5.16 Å². The van der Waals surface area contributed by atoms with E-state index in [1.54, 1.807) is 13.3 Å². The Morgan fingerprint density at radius 1 is 1.38 bits per heavy atom. The SMILES string of the molecule is COc1ccc2c3ccnc(C)c3n(CC(N)=NO)c2c1. The molecule has 0 amide bonds. The van der Waals surface area contributed by atoms with Crippen molar-refractivity contribution in [3.63, 3.8) is 0 Å². The smallest absolute Gasteiger partial charge is 0.159 e. The zero-order chi connectivity index (χ0) is 15.0. The molecule has 3 N–H and O–H groups in total. The summed E-state index contributed by atoms with van der Waals surface area (Å²) in [7, 11) is 1.63. The quantitative estimate of drug-likeness (QED) is 0.334. The molecule has 0 saturated carbocycles. The second-order valence-electron chi connectivity index (χ2n) is 4.85. The molecule has 0 aliphatic heterocycles. The molecule has 0 saturated heterocycles. The molecule has 6 heteroatoms. The van der Waals surface area contributed by atoms with Gasteiger partial charge >= 0.3 is 0 Å². The summed E-state index contributed by atoms with van der Waals surface area (Å²) in [5.74, 6) is 0.900. The number of aryl methyl sites for hydroxylation is 1. The number of fused-ring (bicyclic) bond motifs is 3. The molecule has 0 unspecified atom stereocenters. The predicted molar refractivity (Wildman–Crippen MR) is 81.9 cm³/mol. The summed E-state index contributed by atoms with van der Waals surface area (Å²) in [6, 6.07) is 7.85. The van der Waals surface area contributed by atoms with Crippen LogP contribution in [-0.2, 0) is 6.54 Å². The molecule has 3 aromatic rings. The predicted octanol–water partition coefficient (Wildman–Crippen LogP) is 2.25. The topological polar surface area (TPSA) is 85.7 Å². The van der Waals surface area contributed by atoms with Crippen molar-refractivity contribution in [1.29, 1.82) is 0 Å². The Balaban J connectivity index is 2.42. The monoisotopic (exact) mass is 284 g/mol. The first-order chi connectivity index (χ1) is 10.2. The van der Waals surface area contributed by atoms with Crippen LogP contribution in [0.3, 0.4) is 0 Å².